The number of nitrogens with one attached hydrogen (secondary N) is 1. The summed E-state index contributed by atoms with van der Waals surface area (Å²) in [7, 11) is 0. The number of rotatable bonds is 2. The Labute approximate surface area is 141 Å². The Morgan fingerprint density at radius 1 is 1.09 bits per heavy atom. The second-order valence-electron chi connectivity index (χ2n) is 5.22. The van der Waals surface area contributed by atoms with Gasteiger partial charge in [-0.3, -0.25) is 0 Å². The largest absolute Gasteiger partial charge is 0.369 e. The first-order chi connectivity index (χ1) is 10.7. The number of hydrogen-bond acceptors (Lipinski definition) is 2. The van der Waals surface area contributed by atoms with Crippen LogP contribution in [0.15, 0.2) is 48.5 Å². The Morgan fingerprint density at radius 2 is 1.86 bits per heavy atom. The minimum atomic E-state index is -0.238. The molecule has 2 aromatic carbocycles. The van der Waals surface area contributed by atoms with Crippen molar-refractivity contribution in [2.75, 3.05) is 11.9 Å². The monoisotopic (exact) mass is 405 g/mol. The van der Waals surface area contributed by atoms with Crippen LogP contribution in [0.2, 0.25) is 0 Å². The minimum Gasteiger partial charge on any atom is -0.369 e. The van der Waals surface area contributed by atoms with Crippen LogP contribution in [-0.2, 0) is 6.42 Å². The Kier molecular flexibility index (Phi) is 3.37. The zero-order valence-electron chi connectivity index (χ0n) is 11.7. The number of anilines is 1. The van der Waals surface area contributed by atoms with Crippen molar-refractivity contribution in [1.82, 2.24) is 9.78 Å². The van der Waals surface area contributed by atoms with Crippen LogP contribution < -0.4 is 5.32 Å². The molecule has 1 aliphatic heterocycles. The van der Waals surface area contributed by atoms with E-state index in [4.69, 9.17) is 5.10 Å². The first kappa shape index (κ1) is 13.8. The third-order valence-electron chi connectivity index (χ3n) is 3.85. The second-order valence-corrected chi connectivity index (χ2v) is 6.38. The molecule has 0 aliphatic carbocycles. The normalized spacial score (nSPS) is 13.0. The molecular weight excluding hydrogens is 392 g/mol. The van der Waals surface area contributed by atoms with Crippen LogP contribution in [-0.4, -0.2) is 16.3 Å². The average molecular weight is 405 g/mol. The van der Waals surface area contributed by atoms with E-state index in [1.165, 1.54) is 21.3 Å². The van der Waals surface area contributed by atoms with Crippen molar-refractivity contribution in [2.45, 2.75) is 6.42 Å². The smallest absolute Gasteiger partial charge is 0.133 e. The first-order valence-corrected chi connectivity index (χ1v) is 8.18. The van der Waals surface area contributed by atoms with E-state index in [-0.39, 0.29) is 5.82 Å². The van der Waals surface area contributed by atoms with Crippen LogP contribution in [0.25, 0.3) is 16.9 Å². The molecule has 0 radical (unpaired) electrons. The summed E-state index contributed by atoms with van der Waals surface area (Å²) >= 11 is 2.34. The van der Waals surface area contributed by atoms with Gasteiger partial charge in [0, 0.05) is 21.2 Å². The molecule has 22 heavy (non-hydrogen) atoms. The fourth-order valence-corrected chi connectivity index (χ4v) is 3.46. The molecule has 0 fully saturated rings. The van der Waals surface area contributed by atoms with E-state index in [2.05, 4.69) is 40.0 Å². The van der Waals surface area contributed by atoms with Gasteiger partial charge in [-0.05, 0) is 59.3 Å². The van der Waals surface area contributed by atoms with Gasteiger partial charge in [-0.25, -0.2) is 9.07 Å². The predicted octanol–water partition coefficient (Wildman–Crippen LogP) is 4.25. The SMILES string of the molecule is Fc1ccc(-n2nc(-c3ccccc3I)c3c2NCC3)cc1. The van der Waals surface area contributed by atoms with E-state index in [0.717, 1.165) is 35.7 Å². The summed E-state index contributed by atoms with van der Waals surface area (Å²) in [6.45, 7) is 0.908. The van der Waals surface area contributed by atoms with Crippen molar-refractivity contribution in [3.05, 3.63) is 63.5 Å². The van der Waals surface area contributed by atoms with Crippen LogP contribution in [0.3, 0.4) is 0 Å². The van der Waals surface area contributed by atoms with Gasteiger partial charge in [0.05, 0.1) is 11.4 Å². The summed E-state index contributed by atoms with van der Waals surface area (Å²) in [5.74, 6) is 0.777. The Balaban J connectivity index is 1.90. The summed E-state index contributed by atoms with van der Waals surface area (Å²) in [6, 6.07) is 14.7. The standard InChI is InChI=1S/C17H13FIN3/c18-11-5-7-12(8-6-11)22-17-14(9-10-20-17)16(21-22)13-3-1-2-4-15(13)19/h1-8,20H,9-10H2. The van der Waals surface area contributed by atoms with Gasteiger partial charge in [0.15, 0.2) is 0 Å². The summed E-state index contributed by atoms with van der Waals surface area (Å²) in [4.78, 5) is 0. The molecule has 0 unspecified atom stereocenters. The van der Waals surface area contributed by atoms with Gasteiger partial charge in [0.2, 0.25) is 0 Å². The number of hydrogen-bond donors (Lipinski definition) is 1. The lowest BCUT2D eigenvalue weighted by Crippen LogP contribution is -2.04. The Morgan fingerprint density at radius 3 is 2.64 bits per heavy atom. The molecule has 3 aromatic rings. The highest BCUT2D eigenvalue weighted by Crippen LogP contribution is 2.36. The van der Waals surface area contributed by atoms with Crippen molar-refractivity contribution in [3.8, 4) is 16.9 Å². The van der Waals surface area contributed by atoms with Crippen molar-refractivity contribution in [1.29, 1.82) is 0 Å². The van der Waals surface area contributed by atoms with Gasteiger partial charge in [0.25, 0.3) is 0 Å². The van der Waals surface area contributed by atoms with Gasteiger partial charge < -0.3 is 5.32 Å². The molecule has 0 atom stereocenters. The van der Waals surface area contributed by atoms with Crippen LogP contribution in [0.5, 0.6) is 0 Å². The van der Waals surface area contributed by atoms with Gasteiger partial charge >= 0.3 is 0 Å². The number of aromatic nitrogens is 2. The minimum absolute atomic E-state index is 0.238. The maximum Gasteiger partial charge on any atom is 0.133 e. The molecular formula is C17H13FIN3. The molecule has 2 heterocycles. The fraction of sp³-hybridized carbons (Fsp3) is 0.118. The van der Waals surface area contributed by atoms with Crippen molar-refractivity contribution in [3.63, 3.8) is 0 Å². The topological polar surface area (TPSA) is 29.9 Å². The molecule has 0 saturated heterocycles. The first-order valence-electron chi connectivity index (χ1n) is 7.10. The maximum absolute atomic E-state index is 13.2. The molecule has 0 spiro atoms. The van der Waals surface area contributed by atoms with E-state index in [1.807, 2.05) is 16.8 Å². The highest BCUT2D eigenvalue weighted by atomic mass is 127. The van der Waals surface area contributed by atoms with Gasteiger partial charge in [-0.15, -0.1) is 0 Å². The molecule has 0 amide bonds. The third-order valence-corrected chi connectivity index (χ3v) is 4.79. The molecule has 1 aliphatic rings. The molecule has 110 valence electrons. The van der Waals surface area contributed by atoms with Crippen molar-refractivity contribution < 1.29 is 4.39 Å². The lowest BCUT2D eigenvalue weighted by molar-refractivity contribution is 0.627. The van der Waals surface area contributed by atoms with E-state index >= 15 is 0 Å². The maximum atomic E-state index is 13.2. The Hall–Kier alpha value is -1.89. The van der Waals surface area contributed by atoms with E-state index < -0.39 is 0 Å². The van der Waals surface area contributed by atoms with Crippen LogP contribution in [0.4, 0.5) is 10.2 Å². The summed E-state index contributed by atoms with van der Waals surface area (Å²) < 4.78 is 16.2. The van der Waals surface area contributed by atoms with E-state index in [9.17, 15) is 4.39 Å². The van der Waals surface area contributed by atoms with Crippen LogP contribution in [0, 0.1) is 9.39 Å². The second kappa shape index (κ2) is 5.39. The van der Waals surface area contributed by atoms with Crippen molar-refractivity contribution >= 4 is 28.4 Å². The fourth-order valence-electron chi connectivity index (χ4n) is 2.81. The number of benzene rings is 2. The van der Waals surface area contributed by atoms with Gasteiger partial charge in [0.1, 0.15) is 11.6 Å². The highest BCUT2D eigenvalue weighted by Gasteiger charge is 2.24. The average Bonchev–Trinajstić information content (AvgIpc) is 3.11. The molecule has 0 saturated carbocycles. The molecule has 4 rings (SSSR count). The molecule has 1 aromatic heterocycles. The lowest BCUT2D eigenvalue weighted by Gasteiger charge is -2.06. The number of halogens is 2. The lowest BCUT2D eigenvalue weighted by atomic mass is 10.1. The molecule has 5 heteroatoms. The van der Waals surface area contributed by atoms with Crippen molar-refractivity contribution in [2.24, 2.45) is 0 Å². The molecule has 0 bridgehead atoms. The summed E-state index contributed by atoms with van der Waals surface area (Å²) in [5.41, 5.74) is 4.25. The predicted molar refractivity (Wildman–Crippen MR) is 93.9 cm³/mol. The molecule has 3 nitrogen and oxygen atoms in total. The number of nitrogens with zero attached hydrogens (tertiary/aromatic N) is 2. The van der Waals surface area contributed by atoms with Gasteiger partial charge in [-0.1, -0.05) is 18.2 Å². The van der Waals surface area contributed by atoms with Crippen LogP contribution >= 0.6 is 22.6 Å². The summed E-state index contributed by atoms with van der Waals surface area (Å²) in [5, 5.41) is 8.19. The van der Waals surface area contributed by atoms with Crippen LogP contribution in [0.1, 0.15) is 5.56 Å². The highest BCUT2D eigenvalue weighted by molar-refractivity contribution is 14.1. The van der Waals surface area contributed by atoms with E-state index in [1.54, 1.807) is 12.1 Å². The quantitative estimate of drug-likeness (QED) is 0.647. The summed E-state index contributed by atoms with van der Waals surface area (Å²) in [6.07, 6.45) is 0.955. The van der Waals surface area contributed by atoms with Gasteiger partial charge in [-0.2, -0.15) is 5.10 Å². The third kappa shape index (κ3) is 2.20. The Bertz CT molecular complexity index is 840. The zero-order valence-corrected chi connectivity index (χ0v) is 13.8. The van der Waals surface area contributed by atoms with E-state index in [0.29, 0.717) is 0 Å². The zero-order chi connectivity index (χ0) is 15.1. The molecule has 1 N–H and O–H groups in total. The number of fused-ring (bicyclic) bond motifs is 1.